The molecule has 1 N–H and O–H groups in total. The minimum atomic E-state index is -0.107. The van der Waals surface area contributed by atoms with Crippen LogP contribution >= 0.6 is 15.9 Å². The number of aromatic nitrogens is 1. The SMILES string of the molecule is O=C(NCCc1ccccn1)C(C1CCCC1)N1CCN(C(=O)c2cccc(Br)c2)CC1. The van der Waals surface area contributed by atoms with Gasteiger partial charge in [0.05, 0.1) is 6.04 Å². The normalized spacial score (nSPS) is 18.5. The lowest BCUT2D eigenvalue weighted by molar-refractivity contribution is -0.129. The second-order valence-electron chi connectivity index (χ2n) is 8.69. The molecule has 2 aliphatic rings. The highest BCUT2D eigenvalue weighted by Crippen LogP contribution is 2.31. The Morgan fingerprint density at radius 1 is 1.06 bits per heavy atom. The summed E-state index contributed by atoms with van der Waals surface area (Å²) in [5.41, 5.74) is 1.69. The Labute approximate surface area is 198 Å². The molecule has 2 aromatic rings. The molecule has 0 radical (unpaired) electrons. The van der Waals surface area contributed by atoms with Gasteiger partial charge in [-0.3, -0.25) is 19.5 Å². The first-order chi connectivity index (χ1) is 15.6. The molecule has 1 unspecified atom stereocenters. The van der Waals surface area contributed by atoms with Crippen LogP contribution < -0.4 is 5.32 Å². The van der Waals surface area contributed by atoms with Gasteiger partial charge in [0.1, 0.15) is 0 Å². The lowest BCUT2D eigenvalue weighted by Crippen LogP contribution is -2.58. The number of amides is 2. The molecule has 1 aromatic carbocycles. The van der Waals surface area contributed by atoms with E-state index in [1.54, 1.807) is 6.20 Å². The highest BCUT2D eigenvalue weighted by atomic mass is 79.9. The summed E-state index contributed by atoms with van der Waals surface area (Å²) in [5, 5.41) is 3.17. The van der Waals surface area contributed by atoms with E-state index >= 15 is 0 Å². The third-order valence-electron chi connectivity index (χ3n) is 6.59. The van der Waals surface area contributed by atoms with Crippen molar-refractivity contribution in [2.75, 3.05) is 32.7 Å². The molecule has 1 aromatic heterocycles. The summed E-state index contributed by atoms with van der Waals surface area (Å²) in [6.45, 7) is 3.36. The van der Waals surface area contributed by atoms with Gasteiger partial charge in [-0.2, -0.15) is 0 Å². The van der Waals surface area contributed by atoms with Gasteiger partial charge in [-0.05, 0) is 49.1 Å². The molecule has 1 aliphatic heterocycles. The Morgan fingerprint density at radius 3 is 2.53 bits per heavy atom. The van der Waals surface area contributed by atoms with Crippen LogP contribution in [0.5, 0.6) is 0 Å². The summed E-state index contributed by atoms with van der Waals surface area (Å²) < 4.78 is 0.908. The lowest BCUT2D eigenvalue weighted by Gasteiger charge is -2.40. The second kappa shape index (κ2) is 11.1. The number of halogens is 1. The van der Waals surface area contributed by atoms with Crippen LogP contribution in [0.3, 0.4) is 0 Å². The van der Waals surface area contributed by atoms with Crippen LogP contribution in [0.1, 0.15) is 41.7 Å². The van der Waals surface area contributed by atoms with Gasteiger partial charge in [0.15, 0.2) is 0 Å². The van der Waals surface area contributed by atoms with E-state index in [-0.39, 0.29) is 17.9 Å². The maximum atomic E-state index is 13.2. The smallest absolute Gasteiger partial charge is 0.253 e. The van der Waals surface area contributed by atoms with E-state index in [0.29, 0.717) is 31.1 Å². The van der Waals surface area contributed by atoms with E-state index in [1.807, 2.05) is 47.4 Å². The van der Waals surface area contributed by atoms with Crippen molar-refractivity contribution in [3.8, 4) is 0 Å². The number of rotatable bonds is 7. The maximum absolute atomic E-state index is 13.2. The molecule has 7 heteroatoms. The number of hydrogen-bond acceptors (Lipinski definition) is 4. The predicted octanol–water partition coefficient (Wildman–Crippen LogP) is 3.52. The predicted molar refractivity (Wildman–Crippen MR) is 128 cm³/mol. The zero-order chi connectivity index (χ0) is 22.3. The van der Waals surface area contributed by atoms with Crippen molar-refractivity contribution in [2.24, 2.45) is 5.92 Å². The fourth-order valence-electron chi connectivity index (χ4n) is 4.92. The van der Waals surface area contributed by atoms with Crippen molar-refractivity contribution < 1.29 is 9.59 Å². The molecule has 170 valence electrons. The second-order valence-corrected chi connectivity index (χ2v) is 9.61. The standard InChI is InChI=1S/C25H31BrN4O2/c26-21-9-5-8-20(18-21)25(32)30-16-14-29(15-17-30)23(19-6-1-2-7-19)24(31)28-13-11-22-10-3-4-12-27-22/h3-5,8-10,12,18-19,23H,1-2,6-7,11,13-17H2,(H,28,31). The molecule has 32 heavy (non-hydrogen) atoms. The number of nitrogens with one attached hydrogen (secondary N) is 1. The number of benzene rings is 1. The van der Waals surface area contributed by atoms with Gasteiger partial charge in [0, 0.05) is 61.1 Å². The molecule has 0 spiro atoms. The highest BCUT2D eigenvalue weighted by Gasteiger charge is 2.37. The monoisotopic (exact) mass is 498 g/mol. The van der Waals surface area contributed by atoms with Crippen molar-refractivity contribution in [3.05, 3.63) is 64.4 Å². The zero-order valence-electron chi connectivity index (χ0n) is 18.4. The van der Waals surface area contributed by atoms with Crippen LogP contribution in [-0.4, -0.2) is 65.4 Å². The summed E-state index contributed by atoms with van der Waals surface area (Å²) >= 11 is 3.44. The molecular formula is C25H31BrN4O2. The van der Waals surface area contributed by atoms with E-state index in [9.17, 15) is 9.59 Å². The molecule has 2 fully saturated rings. The Bertz CT molecular complexity index is 909. The number of piperazine rings is 1. The van der Waals surface area contributed by atoms with Gasteiger partial charge in [-0.1, -0.05) is 40.9 Å². The highest BCUT2D eigenvalue weighted by molar-refractivity contribution is 9.10. The summed E-state index contributed by atoms with van der Waals surface area (Å²) in [5.74, 6) is 0.583. The van der Waals surface area contributed by atoms with Crippen LogP contribution in [0.25, 0.3) is 0 Å². The third kappa shape index (κ3) is 5.75. The first-order valence-electron chi connectivity index (χ1n) is 11.6. The van der Waals surface area contributed by atoms with Crippen LogP contribution in [0.2, 0.25) is 0 Å². The van der Waals surface area contributed by atoms with E-state index in [1.165, 1.54) is 12.8 Å². The lowest BCUT2D eigenvalue weighted by atomic mass is 9.95. The topological polar surface area (TPSA) is 65.5 Å². The minimum absolute atomic E-state index is 0.0585. The van der Waals surface area contributed by atoms with E-state index in [0.717, 1.165) is 42.5 Å². The van der Waals surface area contributed by atoms with Gasteiger partial charge in [-0.25, -0.2) is 0 Å². The largest absolute Gasteiger partial charge is 0.354 e. The van der Waals surface area contributed by atoms with Crippen molar-refractivity contribution in [1.29, 1.82) is 0 Å². The molecule has 4 rings (SSSR count). The van der Waals surface area contributed by atoms with Crippen molar-refractivity contribution >= 4 is 27.7 Å². The maximum Gasteiger partial charge on any atom is 0.253 e. The number of carbonyl (C=O) groups excluding carboxylic acids is 2. The van der Waals surface area contributed by atoms with Crippen molar-refractivity contribution in [2.45, 2.75) is 38.1 Å². The molecule has 6 nitrogen and oxygen atoms in total. The fourth-order valence-corrected chi connectivity index (χ4v) is 5.32. The first kappa shape index (κ1) is 22.9. The van der Waals surface area contributed by atoms with E-state index < -0.39 is 0 Å². The minimum Gasteiger partial charge on any atom is -0.354 e. The Kier molecular flexibility index (Phi) is 7.92. The van der Waals surface area contributed by atoms with Crippen LogP contribution in [0, 0.1) is 5.92 Å². The molecule has 1 atom stereocenters. The van der Waals surface area contributed by atoms with E-state index in [2.05, 4.69) is 31.1 Å². The Hall–Kier alpha value is -2.25. The average Bonchev–Trinajstić information content (AvgIpc) is 3.34. The third-order valence-corrected chi connectivity index (χ3v) is 7.08. The van der Waals surface area contributed by atoms with Gasteiger partial charge in [0.25, 0.3) is 5.91 Å². The van der Waals surface area contributed by atoms with Gasteiger partial charge < -0.3 is 10.2 Å². The van der Waals surface area contributed by atoms with Crippen LogP contribution in [0.4, 0.5) is 0 Å². The average molecular weight is 499 g/mol. The summed E-state index contributed by atoms with van der Waals surface area (Å²) in [6, 6.07) is 13.3. The first-order valence-corrected chi connectivity index (χ1v) is 12.4. The van der Waals surface area contributed by atoms with Gasteiger partial charge in [-0.15, -0.1) is 0 Å². The van der Waals surface area contributed by atoms with Crippen molar-refractivity contribution in [1.82, 2.24) is 20.1 Å². The molecule has 1 aliphatic carbocycles. The van der Waals surface area contributed by atoms with Gasteiger partial charge >= 0.3 is 0 Å². The van der Waals surface area contributed by atoms with Crippen molar-refractivity contribution in [3.63, 3.8) is 0 Å². The molecule has 0 bridgehead atoms. The number of pyridine rings is 1. The summed E-state index contributed by atoms with van der Waals surface area (Å²) in [4.78, 5) is 34.7. The van der Waals surface area contributed by atoms with E-state index in [4.69, 9.17) is 0 Å². The number of nitrogens with zero attached hydrogens (tertiary/aromatic N) is 3. The summed E-state index contributed by atoms with van der Waals surface area (Å²) in [7, 11) is 0. The Balaban J connectivity index is 1.35. The number of carbonyl (C=O) groups is 2. The molecule has 1 saturated carbocycles. The molecule has 2 heterocycles. The molecule has 2 amide bonds. The Morgan fingerprint density at radius 2 is 1.84 bits per heavy atom. The molecule has 1 saturated heterocycles. The fraction of sp³-hybridized carbons (Fsp3) is 0.480. The van der Waals surface area contributed by atoms with Gasteiger partial charge in [0.2, 0.25) is 5.91 Å². The van der Waals surface area contributed by atoms with Crippen LogP contribution in [0.15, 0.2) is 53.1 Å². The summed E-state index contributed by atoms with van der Waals surface area (Å²) in [6.07, 6.45) is 7.13. The quantitative estimate of drug-likeness (QED) is 0.634. The zero-order valence-corrected chi connectivity index (χ0v) is 20.0. The number of hydrogen-bond donors (Lipinski definition) is 1. The van der Waals surface area contributed by atoms with Crippen LogP contribution in [-0.2, 0) is 11.2 Å². The molecular weight excluding hydrogens is 468 g/mol.